The number of aromatic amines is 1. The van der Waals surface area contributed by atoms with Crippen molar-refractivity contribution in [2.45, 2.75) is 13.8 Å². The first-order valence-electron chi connectivity index (χ1n) is 8.83. The largest absolute Gasteiger partial charge is 0.494 e. The zero-order valence-corrected chi connectivity index (χ0v) is 16.1. The summed E-state index contributed by atoms with van der Waals surface area (Å²) in [6.07, 6.45) is 0. The molecule has 142 valence electrons. The molecule has 1 aliphatic heterocycles. The number of ether oxygens (including phenoxy) is 2. The molecule has 28 heavy (non-hydrogen) atoms. The summed E-state index contributed by atoms with van der Waals surface area (Å²) in [6, 6.07) is 11.2. The highest BCUT2D eigenvalue weighted by molar-refractivity contribution is 6.30. The van der Waals surface area contributed by atoms with E-state index in [2.05, 4.69) is 9.98 Å². The fourth-order valence-corrected chi connectivity index (χ4v) is 3.45. The average molecular weight is 376 g/mol. The van der Waals surface area contributed by atoms with Gasteiger partial charge in [0.2, 0.25) is 0 Å². The number of hydrogen-bond donors (Lipinski definition) is 2. The Kier molecular flexibility index (Phi) is 4.19. The molecule has 0 saturated carbocycles. The molecular weight excluding hydrogens is 356 g/mol. The first-order chi connectivity index (χ1) is 13.4. The average Bonchev–Trinajstić information content (AvgIpc) is 3.22. The van der Waals surface area contributed by atoms with Gasteiger partial charge in [0, 0.05) is 5.56 Å². The minimum absolute atomic E-state index is 0.0809. The van der Waals surface area contributed by atoms with Crippen LogP contribution in [0.15, 0.2) is 41.4 Å². The van der Waals surface area contributed by atoms with Crippen molar-refractivity contribution in [1.82, 2.24) is 4.98 Å². The molecule has 0 spiro atoms. The first-order valence-corrected chi connectivity index (χ1v) is 8.83. The van der Waals surface area contributed by atoms with Gasteiger partial charge in [0.25, 0.3) is 5.91 Å². The van der Waals surface area contributed by atoms with E-state index in [0.29, 0.717) is 39.6 Å². The third kappa shape index (κ3) is 2.65. The standard InChI is InChI=1S/C22H20N2O4/c1-11-5-6-13(9-12(11)2)19-17-18(22(26)23-19)20(24-21(17)25)14-7-8-15(27-3)16(10-14)28-4/h5-10,23,26H,1-4H3. The van der Waals surface area contributed by atoms with E-state index >= 15 is 0 Å². The predicted molar refractivity (Wildman–Crippen MR) is 107 cm³/mol. The number of aromatic nitrogens is 1. The Morgan fingerprint density at radius 1 is 0.893 bits per heavy atom. The van der Waals surface area contributed by atoms with Crippen molar-refractivity contribution < 1.29 is 19.4 Å². The first kappa shape index (κ1) is 17.9. The van der Waals surface area contributed by atoms with E-state index in [4.69, 9.17) is 9.47 Å². The lowest BCUT2D eigenvalue weighted by Gasteiger charge is -2.09. The van der Waals surface area contributed by atoms with Crippen LogP contribution in [0.4, 0.5) is 0 Å². The van der Waals surface area contributed by atoms with E-state index in [1.807, 2.05) is 32.0 Å². The van der Waals surface area contributed by atoms with Gasteiger partial charge in [-0.1, -0.05) is 12.1 Å². The molecule has 1 aliphatic rings. The summed E-state index contributed by atoms with van der Waals surface area (Å²) in [5, 5.41) is 10.6. The Morgan fingerprint density at radius 2 is 1.61 bits per heavy atom. The van der Waals surface area contributed by atoms with Crippen LogP contribution < -0.4 is 9.47 Å². The summed E-state index contributed by atoms with van der Waals surface area (Å²) in [5.41, 5.74) is 5.51. The highest BCUT2D eigenvalue weighted by atomic mass is 16.5. The van der Waals surface area contributed by atoms with Crippen LogP contribution in [0.2, 0.25) is 0 Å². The summed E-state index contributed by atoms with van der Waals surface area (Å²) < 4.78 is 10.6. The van der Waals surface area contributed by atoms with Crippen molar-refractivity contribution in [3.63, 3.8) is 0 Å². The van der Waals surface area contributed by atoms with Gasteiger partial charge in [0.05, 0.1) is 36.8 Å². The van der Waals surface area contributed by atoms with E-state index in [-0.39, 0.29) is 11.8 Å². The van der Waals surface area contributed by atoms with Crippen LogP contribution in [-0.2, 0) is 0 Å². The molecular formula is C22H20N2O4. The number of carbonyl (C=O) groups excluding carboxylic acids is 1. The third-order valence-electron chi connectivity index (χ3n) is 5.10. The Bertz CT molecular complexity index is 1140. The number of hydrogen-bond acceptors (Lipinski definition) is 4. The van der Waals surface area contributed by atoms with Gasteiger partial charge < -0.3 is 19.6 Å². The van der Waals surface area contributed by atoms with Gasteiger partial charge >= 0.3 is 0 Å². The lowest BCUT2D eigenvalue weighted by atomic mass is 9.98. The number of aliphatic imine (C=N–C) groups is 1. The molecule has 2 aromatic carbocycles. The molecule has 1 amide bonds. The Balaban J connectivity index is 1.85. The number of fused-ring (bicyclic) bond motifs is 1. The molecule has 1 aromatic heterocycles. The van der Waals surface area contributed by atoms with Gasteiger partial charge in [-0.2, -0.15) is 0 Å². The lowest BCUT2D eigenvalue weighted by molar-refractivity contribution is 0.101. The molecule has 0 atom stereocenters. The number of benzene rings is 2. The van der Waals surface area contributed by atoms with Gasteiger partial charge in [0.15, 0.2) is 17.4 Å². The number of H-pyrrole nitrogens is 1. The van der Waals surface area contributed by atoms with Crippen molar-refractivity contribution in [3.8, 4) is 28.6 Å². The van der Waals surface area contributed by atoms with E-state index in [1.165, 1.54) is 0 Å². The molecule has 0 aliphatic carbocycles. The molecule has 2 N–H and O–H groups in total. The molecule has 0 saturated heterocycles. The van der Waals surface area contributed by atoms with Gasteiger partial charge in [-0.05, 0) is 54.8 Å². The molecule has 0 unspecified atom stereocenters. The molecule has 2 heterocycles. The van der Waals surface area contributed by atoms with Crippen molar-refractivity contribution in [2.75, 3.05) is 14.2 Å². The number of amides is 1. The summed E-state index contributed by atoms with van der Waals surface area (Å²) >= 11 is 0. The molecule has 4 rings (SSSR count). The minimum atomic E-state index is -0.385. The van der Waals surface area contributed by atoms with Gasteiger partial charge in [-0.3, -0.25) is 4.79 Å². The maximum atomic E-state index is 12.7. The summed E-state index contributed by atoms with van der Waals surface area (Å²) in [4.78, 5) is 19.9. The van der Waals surface area contributed by atoms with Crippen LogP contribution in [0.25, 0.3) is 11.3 Å². The van der Waals surface area contributed by atoms with Crippen LogP contribution in [0.1, 0.15) is 32.6 Å². The van der Waals surface area contributed by atoms with Crippen LogP contribution in [0.3, 0.4) is 0 Å². The van der Waals surface area contributed by atoms with E-state index in [9.17, 15) is 9.90 Å². The Morgan fingerprint density at radius 3 is 2.29 bits per heavy atom. The van der Waals surface area contributed by atoms with Gasteiger partial charge in [-0.25, -0.2) is 4.99 Å². The van der Waals surface area contributed by atoms with Crippen molar-refractivity contribution >= 4 is 11.6 Å². The zero-order chi connectivity index (χ0) is 20.0. The number of rotatable bonds is 4. The van der Waals surface area contributed by atoms with Gasteiger partial charge in [-0.15, -0.1) is 0 Å². The number of aryl methyl sites for hydroxylation is 2. The monoisotopic (exact) mass is 376 g/mol. The minimum Gasteiger partial charge on any atom is -0.494 e. The molecule has 3 aromatic rings. The van der Waals surface area contributed by atoms with E-state index in [1.54, 1.807) is 32.4 Å². The van der Waals surface area contributed by atoms with Crippen molar-refractivity contribution in [3.05, 3.63) is 64.2 Å². The number of nitrogens with zero attached hydrogens (tertiary/aromatic N) is 1. The maximum Gasteiger partial charge on any atom is 0.280 e. The number of carbonyl (C=O) groups is 1. The second-order valence-corrected chi connectivity index (χ2v) is 6.73. The molecule has 0 bridgehead atoms. The second-order valence-electron chi connectivity index (χ2n) is 6.73. The van der Waals surface area contributed by atoms with Crippen LogP contribution >= 0.6 is 0 Å². The second kappa shape index (κ2) is 6.56. The highest BCUT2D eigenvalue weighted by Crippen LogP contribution is 2.39. The third-order valence-corrected chi connectivity index (χ3v) is 5.10. The Hall–Kier alpha value is -3.54. The smallest absolute Gasteiger partial charge is 0.280 e. The highest BCUT2D eigenvalue weighted by Gasteiger charge is 2.33. The SMILES string of the molecule is COc1ccc(C2=NC(=O)c3c(-c4ccc(C)c(C)c4)[nH]c(O)c32)cc1OC. The van der Waals surface area contributed by atoms with E-state index < -0.39 is 0 Å². The van der Waals surface area contributed by atoms with Crippen LogP contribution in [-0.4, -0.2) is 35.9 Å². The maximum absolute atomic E-state index is 12.7. The summed E-state index contributed by atoms with van der Waals surface area (Å²) in [7, 11) is 3.10. The topological polar surface area (TPSA) is 83.9 Å². The zero-order valence-electron chi connectivity index (χ0n) is 16.1. The van der Waals surface area contributed by atoms with Crippen LogP contribution in [0, 0.1) is 13.8 Å². The number of aromatic hydroxyl groups is 1. The van der Waals surface area contributed by atoms with Crippen molar-refractivity contribution in [1.29, 1.82) is 0 Å². The predicted octanol–water partition coefficient (Wildman–Crippen LogP) is 4.01. The molecule has 0 fully saturated rings. The van der Waals surface area contributed by atoms with Crippen LogP contribution in [0.5, 0.6) is 17.4 Å². The molecule has 6 heteroatoms. The summed E-state index contributed by atoms with van der Waals surface area (Å²) in [5.74, 6) is 0.630. The molecule has 0 radical (unpaired) electrons. The molecule has 6 nitrogen and oxygen atoms in total. The normalized spacial score (nSPS) is 12.7. The Labute approximate surface area is 162 Å². The lowest BCUT2D eigenvalue weighted by Crippen LogP contribution is -2.01. The summed E-state index contributed by atoms with van der Waals surface area (Å²) in [6.45, 7) is 4.04. The quantitative estimate of drug-likeness (QED) is 0.720. The fraction of sp³-hybridized carbons (Fsp3) is 0.182. The van der Waals surface area contributed by atoms with E-state index in [0.717, 1.165) is 16.7 Å². The van der Waals surface area contributed by atoms with Gasteiger partial charge in [0.1, 0.15) is 0 Å². The fourth-order valence-electron chi connectivity index (χ4n) is 3.45. The van der Waals surface area contributed by atoms with Crippen molar-refractivity contribution in [2.24, 2.45) is 4.99 Å². The number of nitrogens with one attached hydrogen (secondary N) is 1. The number of methoxy groups -OCH3 is 2.